The Morgan fingerprint density at radius 1 is 0.432 bits per heavy atom. The van der Waals surface area contributed by atoms with E-state index in [2.05, 4.69) is 127 Å². The Morgan fingerprint density at radius 2 is 1.00 bits per heavy atom. The van der Waals surface area contributed by atoms with Gasteiger partial charge in [-0.3, -0.25) is 0 Å². The van der Waals surface area contributed by atoms with E-state index in [-0.39, 0.29) is 0 Å². The zero-order chi connectivity index (χ0) is 29.2. The molecule has 5 heteroatoms. The van der Waals surface area contributed by atoms with Crippen LogP contribution in [-0.4, -0.2) is 15.0 Å². The van der Waals surface area contributed by atoms with Gasteiger partial charge in [-0.15, -0.1) is 11.3 Å². The van der Waals surface area contributed by atoms with Gasteiger partial charge in [-0.05, 0) is 56.6 Å². The van der Waals surface area contributed by atoms with Gasteiger partial charge in [-0.2, -0.15) is 0 Å². The molecule has 0 atom stereocenters. The first-order valence-electron chi connectivity index (χ1n) is 14.5. The molecule has 0 aliphatic rings. The number of benzene rings is 7. The van der Waals surface area contributed by atoms with Crippen molar-refractivity contribution in [1.29, 1.82) is 0 Å². The predicted octanol–water partition coefficient (Wildman–Crippen LogP) is 11.4. The molecule has 0 radical (unpaired) electrons. The lowest BCUT2D eigenvalue weighted by atomic mass is 10.00. The van der Waals surface area contributed by atoms with Crippen LogP contribution in [0, 0.1) is 0 Å². The summed E-state index contributed by atoms with van der Waals surface area (Å²) >= 11 is 8.86. The van der Waals surface area contributed by atoms with E-state index in [0.29, 0.717) is 22.5 Å². The molecule has 7 aromatic carbocycles. The molecule has 44 heavy (non-hydrogen) atoms. The molecule has 0 unspecified atom stereocenters. The SMILES string of the molecule is Clc1c(-c2nc(-c3ccc4ccccc4c3)nc(-c3ccc4c(ccc5ccccc54)c3)n2)ccc2c1sc1ccccc12. The molecule has 0 saturated carbocycles. The molecule has 0 saturated heterocycles. The van der Waals surface area contributed by atoms with E-state index < -0.39 is 0 Å². The minimum Gasteiger partial charge on any atom is -0.208 e. The Hall–Kier alpha value is -5.16. The second-order valence-electron chi connectivity index (χ2n) is 11.0. The summed E-state index contributed by atoms with van der Waals surface area (Å²) in [6.07, 6.45) is 0. The van der Waals surface area contributed by atoms with Crippen LogP contribution in [-0.2, 0) is 0 Å². The van der Waals surface area contributed by atoms with E-state index in [9.17, 15) is 0 Å². The highest BCUT2D eigenvalue weighted by molar-refractivity contribution is 7.26. The Morgan fingerprint density at radius 3 is 1.84 bits per heavy atom. The van der Waals surface area contributed by atoms with E-state index in [1.165, 1.54) is 31.6 Å². The molecule has 9 aromatic rings. The van der Waals surface area contributed by atoms with Gasteiger partial charge in [-0.1, -0.05) is 121 Å². The lowest BCUT2D eigenvalue weighted by Crippen LogP contribution is -2.00. The Labute approximate surface area is 262 Å². The van der Waals surface area contributed by atoms with Crippen LogP contribution in [0.25, 0.3) is 86.7 Å². The fourth-order valence-corrected chi connectivity index (χ4v) is 7.67. The Balaban J connectivity index is 1.27. The van der Waals surface area contributed by atoms with Crippen molar-refractivity contribution < 1.29 is 0 Å². The summed E-state index contributed by atoms with van der Waals surface area (Å²) in [7, 11) is 0. The number of rotatable bonds is 3. The standard InChI is InChI=1S/C39H22ClN3S/c40-35-33(20-19-32-31-11-5-6-12-34(31)44-36(32)35)39-42-37(27-16-13-23-7-1-2-9-25(23)21-27)41-38(43-39)28-17-18-30-26(22-28)15-14-24-8-3-4-10-29(24)30/h1-22H. The lowest BCUT2D eigenvalue weighted by Gasteiger charge is -2.11. The zero-order valence-electron chi connectivity index (χ0n) is 23.3. The number of nitrogens with zero attached hydrogens (tertiary/aromatic N) is 3. The topological polar surface area (TPSA) is 38.7 Å². The van der Waals surface area contributed by atoms with E-state index in [0.717, 1.165) is 37.5 Å². The van der Waals surface area contributed by atoms with Crippen molar-refractivity contribution in [3.63, 3.8) is 0 Å². The average Bonchev–Trinajstić information content (AvgIpc) is 3.47. The maximum atomic E-state index is 7.17. The smallest absolute Gasteiger partial charge is 0.165 e. The number of halogens is 1. The third-order valence-corrected chi connectivity index (χ3v) is 10.1. The Bertz CT molecular complexity index is 2590. The molecule has 0 aliphatic carbocycles. The van der Waals surface area contributed by atoms with Crippen molar-refractivity contribution in [1.82, 2.24) is 15.0 Å². The van der Waals surface area contributed by atoms with Gasteiger partial charge in [0, 0.05) is 32.2 Å². The van der Waals surface area contributed by atoms with Crippen molar-refractivity contribution in [2.24, 2.45) is 0 Å². The van der Waals surface area contributed by atoms with Crippen LogP contribution in [0.4, 0.5) is 0 Å². The van der Waals surface area contributed by atoms with Crippen LogP contribution in [0.1, 0.15) is 0 Å². The maximum Gasteiger partial charge on any atom is 0.165 e. The van der Waals surface area contributed by atoms with Gasteiger partial charge in [0.2, 0.25) is 0 Å². The first kappa shape index (κ1) is 25.3. The molecule has 0 aliphatic heterocycles. The van der Waals surface area contributed by atoms with E-state index in [4.69, 9.17) is 26.6 Å². The molecular weight excluding hydrogens is 578 g/mol. The van der Waals surface area contributed by atoms with Crippen molar-refractivity contribution in [2.75, 3.05) is 0 Å². The summed E-state index contributed by atoms with van der Waals surface area (Å²) in [6.45, 7) is 0. The van der Waals surface area contributed by atoms with Gasteiger partial charge < -0.3 is 0 Å². The molecule has 2 aromatic heterocycles. The molecular formula is C39H22ClN3S. The van der Waals surface area contributed by atoms with Crippen molar-refractivity contribution in [3.8, 4) is 34.2 Å². The maximum absolute atomic E-state index is 7.17. The van der Waals surface area contributed by atoms with Crippen molar-refractivity contribution >= 4 is 75.4 Å². The quantitative estimate of drug-likeness (QED) is 0.190. The summed E-state index contributed by atoms with van der Waals surface area (Å²) in [5.41, 5.74) is 2.65. The van der Waals surface area contributed by atoms with E-state index in [1.807, 2.05) is 6.07 Å². The third kappa shape index (κ3) is 4.07. The summed E-state index contributed by atoms with van der Waals surface area (Å²) in [6, 6.07) is 46.5. The molecule has 0 amide bonds. The molecule has 0 N–H and O–H groups in total. The average molecular weight is 600 g/mol. The van der Waals surface area contributed by atoms with Crippen LogP contribution in [0.15, 0.2) is 133 Å². The molecule has 206 valence electrons. The van der Waals surface area contributed by atoms with Gasteiger partial charge in [0.1, 0.15) is 0 Å². The first-order valence-corrected chi connectivity index (χ1v) is 15.7. The van der Waals surface area contributed by atoms with Gasteiger partial charge in [0.05, 0.1) is 9.72 Å². The van der Waals surface area contributed by atoms with Gasteiger partial charge in [0.15, 0.2) is 17.5 Å². The van der Waals surface area contributed by atoms with Crippen LogP contribution < -0.4 is 0 Å². The van der Waals surface area contributed by atoms with Crippen LogP contribution >= 0.6 is 22.9 Å². The Kier molecular flexibility index (Phi) is 5.73. The zero-order valence-corrected chi connectivity index (χ0v) is 24.9. The summed E-state index contributed by atoms with van der Waals surface area (Å²) < 4.78 is 2.25. The number of aromatic nitrogens is 3. The number of fused-ring (bicyclic) bond motifs is 7. The fourth-order valence-electron chi connectivity index (χ4n) is 6.16. The van der Waals surface area contributed by atoms with Crippen LogP contribution in [0.2, 0.25) is 5.02 Å². The normalized spacial score (nSPS) is 11.8. The van der Waals surface area contributed by atoms with Crippen molar-refractivity contribution in [2.45, 2.75) is 0 Å². The fraction of sp³-hybridized carbons (Fsp3) is 0. The summed E-state index contributed by atoms with van der Waals surface area (Å²) in [5, 5.41) is 10.1. The summed E-state index contributed by atoms with van der Waals surface area (Å²) in [4.78, 5) is 15.1. The second-order valence-corrected chi connectivity index (χ2v) is 12.4. The van der Waals surface area contributed by atoms with E-state index >= 15 is 0 Å². The monoisotopic (exact) mass is 599 g/mol. The highest BCUT2D eigenvalue weighted by Crippen LogP contribution is 2.42. The largest absolute Gasteiger partial charge is 0.208 e. The van der Waals surface area contributed by atoms with Crippen LogP contribution in [0.3, 0.4) is 0 Å². The van der Waals surface area contributed by atoms with Gasteiger partial charge in [-0.25, -0.2) is 15.0 Å². The summed E-state index contributed by atoms with van der Waals surface area (Å²) in [5.74, 6) is 1.78. The highest BCUT2D eigenvalue weighted by atomic mass is 35.5. The highest BCUT2D eigenvalue weighted by Gasteiger charge is 2.18. The van der Waals surface area contributed by atoms with Gasteiger partial charge in [0.25, 0.3) is 0 Å². The molecule has 2 heterocycles. The second kappa shape index (κ2) is 9.95. The third-order valence-electron chi connectivity index (χ3n) is 8.37. The van der Waals surface area contributed by atoms with E-state index in [1.54, 1.807) is 11.3 Å². The van der Waals surface area contributed by atoms with Gasteiger partial charge >= 0.3 is 0 Å². The van der Waals surface area contributed by atoms with Crippen LogP contribution in [0.5, 0.6) is 0 Å². The molecule has 0 fully saturated rings. The lowest BCUT2D eigenvalue weighted by molar-refractivity contribution is 1.08. The number of thiophene rings is 1. The molecule has 0 spiro atoms. The molecule has 0 bridgehead atoms. The number of hydrogen-bond acceptors (Lipinski definition) is 4. The minimum atomic E-state index is 0.557. The van der Waals surface area contributed by atoms with Crippen molar-refractivity contribution in [3.05, 3.63) is 138 Å². The minimum absolute atomic E-state index is 0.557. The molecule has 9 rings (SSSR count). The predicted molar refractivity (Wildman–Crippen MR) is 187 cm³/mol. The molecule has 3 nitrogen and oxygen atoms in total. The number of hydrogen-bond donors (Lipinski definition) is 0. The first-order chi connectivity index (χ1) is 21.7.